The zero-order chi connectivity index (χ0) is 18.4. The molecule has 2 aromatic carbocycles. The number of hydrogen-bond donors (Lipinski definition) is 2. The summed E-state index contributed by atoms with van der Waals surface area (Å²) in [7, 11) is 1.64. The van der Waals surface area contributed by atoms with Gasteiger partial charge in [0.05, 0.1) is 11.7 Å². The number of carbonyl (C=O) groups excluding carboxylic acids is 2. The van der Waals surface area contributed by atoms with E-state index >= 15 is 0 Å². The van der Waals surface area contributed by atoms with E-state index in [0.29, 0.717) is 6.42 Å². The molecule has 0 saturated carbocycles. The van der Waals surface area contributed by atoms with Crippen LogP contribution in [0.5, 0.6) is 0 Å². The molecule has 0 saturated heterocycles. The fourth-order valence-electron chi connectivity index (χ4n) is 2.67. The van der Waals surface area contributed by atoms with Crippen molar-refractivity contribution in [2.24, 2.45) is 0 Å². The number of aliphatic hydroxyl groups is 1. The maximum atomic E-state index is 13.8. The molecule has 2 N–H and O–H groups in total. The molecule has 5 nitrogen and oxygen atoms in total. The first-order valence-electron chi connectivity index (χ1n) is 7.94. The van der Waals surface area contributed by atoms with Crippen LogP contribution >= 0.6 is 0 Å². The molecule has 0 aromatic heterocycles. The number of carbonyl (C=O) groups is 2. The topological polar surface area (TPSA) is 69.6 Å². The lowest BCUT2D eigenvalue weighted by molar-refractivity contribution is -0.114. The van der Waals surface area contributed by atoms with E-state index < -0.39 is 11.7 Å². The van der Waals surface area contributed by atoms with Gasteiger partial charge < -0.3 is 15.3 Å². The van der Waals surface area contributed by atoms with Crippen molar-refractivity contribution in [1.29, 1.82) is 0 Å². The maximum Gasteiger partial charge on any atom is 0.254 e. The zero-order valence-corrected chi connectivity index (χ0v) is 14.2. The first kappa shape index (κ1) is 18.6. The monoisotopic (exact) mass is 344 g/mol. The van der Waals surface area contributed by atoms with Gasteiger partial charge in [0.25, 0.3) is 5.91 Å². The molecular formula is C19H21FN2O3. The van der Waals surface area contributed by atoms with Crippen molar-refractivity contribution in [3.8, 4) is 0 Å². The average molecular weight is 344 g/mol. The molecule has 0 bridgehead atoms. The summed E-state index contributed by atoms with van der Waals surface area (Å²) < 4.78 is 13.8. The van der Waals surface area contributed by atoms with Crippen LogP contribution in [-0.4, -0.2) is 35.5 Å². The van der Waals surface area contributed by atoms with Crippen LogP contribution in [-0.2, 0) is 4.79 Å². The van der Waals surface area contributed by atoms with Crippen LogP contribution in [0.2, 0.25) is 0 Å². The van der Waals surface area contributed by atoms with Crippen molar-refractivity contribution >= 4 is 17.5 Å². The number of halogens is 1. The molecule has 0 aliphatic rings. The number of benzene rings is 2. The third-order valence-electron chi connectivity index (χ3n) is 3.90. The second kappa shape index (κ2) is 8.39. The van der Waals surface area contributed by atoms with Crippen molar-refractivity contribution in [3.05, 3.63) is 65.5 Å². The van der Waals surface area contributed by atoms with Crippen LogP contribution in [0.1, 0.15) is 35.3 Å². The lowest BCUT2D eigenvalue weighted by Crippen LogP contribution is -2.32. The fraction of sp³-hybridized carbons (Fsp3) is 0.263. The van der Waals surface area contributed by atoms with E-state index in [1.165, 1.54) is 24.0 Å². The highest BCUT2D eigenvalue weighted by atomic mass is 19.1. The molecule has 0 fully saturated rings. The van der Waals surface area contributed by atoms with Crippen molar-refractivity contribution in [2.45, 2.75) is 19.4 Å². The predicted octanol–water partition coefficient (Wildman–Crippen LogP) is 2.98. The van der Waals surface area contributed by atoms with E-state index in [-0.39, 0.29) is 29.8 Å². The highest BCUT2D eigenvalue weighted by Gasteiger charge is 2.23. The normalized spacial score (nSPS) is 11.7. The summed E-state index contributed by atoms with van der Waals surface area (Å²) >= 11 is 0. The quantitative estimate of drug-likeness (QED) is 0.846. The van der Waals surface area contributed by atoms with Gasteiger partial charge in [0, 0.05) is 26.1 Å². The van der Waals surface area contributed by atoms with Gasteiger partial charge in [0.1, 0.15) is 5.82 Å². The minimum absolute atomic E-state index is 0.0369. The number of nitrogens with zero attached hydrogens (tertiary/aromatic N) is 1. The van der Waals surface area contributed by atoms with Gasteiger partial charge in [-0.1, -0.05) is 30.3 Å². The predicted molar refractivity (Wildman–Crippen MR) is 93.7 cm³/mol. The molecule has 132 valence electrons. The summed E-state index contributed by atoms with van der Waals surface area (Å²) in [6, 6.07) is 12.9. The molecule has 2 rings (SSSR count). The number of rotatable bonds is 6. The number of nitrogens with one attached hydrogen (secondary N) is 1. The molecule has 0 heterocycles. The maximum absolute atomic E-state index is 13.8. The highest BCUT2D eigenvalue weighted by Crippen LogP contribution is 2.25. The van der Waals surface area contributed by atoms with Crippen LogP contribution in [0.25, 0.3) is 0 Å². The Labute approximate surface area is 146 Å². The van der Waals surface area contributed by atoms with Crippen LogP contribution in [0, 0.1) is 5.82 Å². The summed E-state index contributed by atoms with van der Waals surface area (Å²) in [4.78, 5) is 25.5. The first-order chi connectivity index (χ1) is 11.9. The van der Waals surface area contributed by atoms with Crippen LogP contribution in [0.3, 0.4) is 0 Å². The van der Waals surface area contributed by atoms with Crippen LogP contribution in [0.4, 0.5) is 10.1 Å². The molecule has 25 heavy (non-hydrogen) atoms. The van der Waals surface area contributed by atoms with Crippen molar-refractivity contribution in [1.82, 2.24) is 4.90 Å². The molecule has 0 aliphatic carbocycles. The van der Waals surface area contributed by atoms with E-state index in [0.717, 1.165) is 11.6 Å². The lowest BCUT2D eigenvalue weighted by Gasteiger charge is -2.28. The van der Waals surface area contributed by atoms with Gasteiger partial charge >= 0.3 is 0 Å². The van der Waals surface area contributed by atoms with Crippen molar-refractivity contribution < 1.29 is 19.1 Å². The summed E-state index contributed by atoms with van der Waals surface area (Å²) in [5, 5.41) is 11.7. The molecular weight excluding hydrogens is 323 g/mol. The molecule has 6 heteroatoms. The fourth-order valence-corrected chi connectivity index (χ4v) is 2.67. The van der Waals surface area contributed by atoms with E-state index in [1.807, 2.05) is 30.3 Å². The molecule has 1 unspecified atom stereocenters. The molecule has 0 radical (unpaired) electrons. The lowest BCUT2D eigenvalue weighted by atomic mass is 10.0. The van der Waals surface area contributed by atoms with E-state index in [9.17, 15) is 19.1 Å². The standard InChI is InChI=1S/C19H21FN2O3/c1-13(24)21-17-12-15(8-9-16(17)20)19(25)22(2)18(10-11-23)14-6-4-3-5-7-14/h3-9,12,18,23H,10-11H2,1-2H3,(H,21,24). The van der Waals surface area contributed by atoms with Gasteiger partial charge in [-0.25, -0.2) is 4.39 Å². The summed E-state index contributed by atoms with van der Waals surface area (Å²) in [5.41, 5.74) is 1.12. The van der Waals surface area contributed by atoms with E-state index in [2.05, 4.69) is 5.32 Å². The Kier molecular flexibility index (Phi) is 6.25. The van der Waals surface area contributed by atoms with Gasteiger partial charge in [-0.15, -0.1) is 0 Å². The Bertz CT molecular complexity index is 750. The number of aliphatic hydroxyl groups excluding tert-OH is 1. The minimum Gasteiger partial charge on any atom is -0.396 e. The van der Waals surface area contributed by atoms with Gasteiger partial charge in [-0.3, -0.25) is 9.59 Å². The first-order valence-corrected chi connectivity index (χ1v) is 7.94. The number of hydrogen-bond acceptors (Lipinski definition) is 3. The second-order valence-electron chi connectivity index (χ2n) is 5.73. The Morgan fingerprint density at radius 1 is 1.20 bits per heavy atom. The molecule has 0 spiro atoms. The Balaban J connectivity index is 2.30. The van der Waals surface area contributed by atoms with Gasteiger partial charge in [-0.2, -0.15) is 0 Å². The second-order valence-corrected chi connectivity index (χ2v) is 5.73. The van der Waals surface area contributed by atoms with Gasteiger partial charge in [-0.05, 0) is 30.2 Å². The van der Waals surface area contributed by atoms with Crippen LogP contribution in [0.15, 0.2) is 48.5 Å². The highest BCUT2D eigenvalue weighted by molar-refractivity contribution is 5.97. The molecule has 2 aromatic rings. The molecule has 2 amide bonds. The third-order valence-corrected chi connectivity index (χ3v) is 3.90. The smallest absolute Gasteiger partial charge is 0.254 e. The van der Waals surface area contributed by atoms with Gasteiger partial charge in [0.2, 0.25) is 5.91 Å². The molecule has 0 aliphatic heterocycles. The summed E-state index contributed by atoms with van der Waals surface area (Å²) in [6.45, 7) is 1.20. The third kappa shape index (κ3) is 4.64. The van der Waals surface area contributed by atoms with Gasteiger partial charge in [0.15, 0.2) is 0 Å². The number of amides is 2. The average Bonchev–Trinajstić information content (AvgIpc) is 2.60. The van der Waals surface area contributed by atoms with Crippen molar-refractivity contribution in [2.75, 3.05) is 19.0 Å². The molecule has 1 atom stereocenters. The minimum atomic E-state index is -0.607. The summed E-state index contributed by atoms with van der Waals surface area (Å²) in [5.74, 6) is -1.35. The summed E-state index contributed by atoms with van der Waals surface area (Å²) in [6.07, 6.45) is 0.381. The largest absolute Gasteiger partial charge is 0.396 e. The zero-order valence-electron chi connectivity index (χ0n) is 14.2. The van der Waals surface area contributed by atoms with Crippen molar-refractivity contribution in [3.63, 3.8) is 0 Å². The Morgan fingerprint density at radius 3 is 2.48 bits per heavy atom. The van der Waals surface area contributed by atoms with Crippen LogP contribution < -0.4 is 5.32 Å². The SMILES string of the molecule is CC(=O)Nc1cc(C(=O)N(C)C(CCO)c2ccccc2)ccc1F. The number of anilines is 1. The Hall–Kier alpha value is -2.73. The van der Waals surface area contributed by atoms with E-state index in [4.69, 9.17) is 0 Å². The Morgan fingerprint density at radius 2 is 1.88 bits per heavy atom. The van der Waals surface area contributed by atoms with E-state index in [1.54, 1.807) is 7.05 Å².